The van der Waals surface area contributed by atoms with Crippen molar-refractivity contribution in [3.63, 3.8) is 0 Å². The maximum absolute atomic E-state index is 11.4. The van der Waals surface area contributed by atoms with Gasteiger partial charge in [0.15, 0.2) is 0 Å². The van der Waals surface area contributed by atoms with E-state index in [0.29, 0.717) is 0 Å². The van der Waals surface area contributed by atoms with Gasteiger partial charge in [0.1, 0.15) is 6.10 Å². The molecule has 1 N–H and O–H groups in total. The predicted molar refractivity (Wildman–Crippen MR) is 66.7 cm³/mol. The van der Waals surface area contributed by atoms with E-state index in [-0.39, 0.29) is 16.8 Å². The number of carbonyl (C=O) groups is 2. The Hall–Kier alpha value is -2.44. The van der Waals surface area contributed by atoms with Crippen molar-refractivity contribution < 1.29 is 19.2 Å². The third kappa shape index (κ3) is 3.51. The molecule has 0 radical (unpaired) electrons. The van der Waals surface area contributed by atoms with Crippen LogP contribution in [0.15, 0.2) is 18.2 Å². The number of esters is 1. The van der Waals surface area contributed by atoms with Gasteiger partial charge in [0.25, 0.3) is 11.6 Å². The van der Waals surface area contributed by atoms with Crippen molar-refractivity contribution in [2.75, 3.05) is 7.05 Å². The van der Waals surface area contributed by atoms with Crippen LogP contribution in [0.5, 0.6) is 0 Å². The van der Waals surface area contributed by atoms with Crippen LogP contribution in [0.25, 0.3) is 0 Å². The van der Waals surface area contributed by atoms with Gasteiger partial charge in [-0.05, 0) is 19.1 Å². The van der Waals surface area contributed by atoms with Gasteiger partial charge >= 0.3 is 5.97 Å². The Bertz CT molecular complexity index is 527. The Morgan fingerprint density at radius 1 is 1.42 bits per heavy atom. The molecule has 102 valence electrons. The second-order valence-corrected chi connectivity index (χ2v) is 3.86. The number of amides is 1. The number of hydrogen-bond donors (Lipinski definition) is 1. The first-order chi connectivity index (χ1) is 8.86. The highest BCUT2D eigenvalue weighted by molar-refractivity contribution is 5.94. The van der Waals surface area contributed by atoms with E-state index < -0.39 is 22.9 Å². The molecule has 7 nitrogen and oxygen atoms in total. The van der Waals surface area contributed by atoms with Crippen LogP contribution in [0.2, 0.25) is 0 Å². The average Bonchev–Trinajstić information content (AvgIpc) is 2.36. The Balaban J connectivity index is 3.22. The molecule has 0 saturated heterocycles. The highest BCUT2D eigenvalue weighted by atomic mass is 16.6. The highest BCUT2D eigenvalue weighted by Gasteiger charge is 2.22. The van der Waals surface area contributed by atoms with Crippen LogP contribution in [-0.2, 0) is 9.53 Å². The number of nitrogens with zero attached hydrogens (tertiary/aromatic N) is 1. The average molecular weight is 266 g/mol. The summed E-state index contributed by atoms with van der Waals surface area (Å²) in [4.78, 5) is 32.7. The quantitative estimate of drug-likeness (QED) is 0.506. The molecular formula is C12H14N2O5. The number of hydrogen-bond acceptors (Lipinski definition) is 5. The lowest BCUT2D eigenvalue weighted by Crippen LogP contribution is -2.18. The molecule has 1 aromatic carbocycles. The summed E-state index contributed by atoms with van der Waals surface area (Å²) < 4.78 is 4.91. The Morgan fingerprint density at radius 3 is 2.53 bits per heavy atom. The number of nitro benzene ring substituents is 1. The summed E-state index contributed by atoms with van der Waals surface area (Å²) in [5, 5.41) is 13.4. The van der Waals surface area contributed by atoms with Gasteiger partial charge in [-0.15, -0.1) is 0 Å². The van der Waals surface area contributed by atoms with E-state index in [2.05, 4.69) is 5.32 Å². The minimum absolute atomic E-state index is 0.174. The van der Waals surface area contributed by atoms with Crippen LogP contribution in [-0.4, -0.2) is 23.8 Å². The smallest absolute Gasteiger partial charge is 0.303 e. The van der Waals surface area contributed by atoms with E-state index in [1.807, 2.05) is 0 Å². The first-order valence-corrected chi connectivity index (χ1v) is 5.54. The fourth-order valence-corrected chi connectivity index (χ4v) is 1.64. The van der Waals surface area contributed by atoms with Crippen molar-refractivity contribution in [1.82, 2.24) is 5.32 Å². The third-order valence-electron chi connectivity index (χ3n) is 2.50. The standard InChI is InChI=1S/C12H14N2O5/c1-7(19-8(2)15)10-5-4-9(12(16)13-3)6-11(10)14(17)18/h4-7H,1-3H3,(H,13,16). The molecule has 0 aliphatic carbocycles. The van der Waals surface area contributed by atoms with Crippen molar-refractivity contribution in [3.8, 4) is 0 Å². The largest absolute Gasteiger partial charge is 0.458 e. The summed E-state index contributed by atoms with van der Waals surface area (Å²) in [6.45, 7) is 2.75. The number of nitro groups is 1. The molecule has 1 rings (SSSR count). The van der Waals surface area contributed by atoms with Gasteiger partial charge in [-0.3, -0.25) is 19.7 Å². The van der Waals surface area contributed by atoms with Crippen LogP contribution in [0.3, 0.4) is 0 Å². The molecule has 0 saturated carbocycles. The normalized spacial score (nSPS) is 11.5. The lowest BCUT2D eigenvalue weighted by atomic mass is 10.0. The number of carbonyl (C=O) groups excluding carboxylic acids is 2. The van der Waals surface area contributed by atoms with E-state index in [1.165, 1.54) is 33.0 Å². The first-order valence-electron chi connectivity index (χ1n) is 5.54. The Morgan fingerprint density at radius 2 is 2.05 bits per heavy atom. The van der Waals surface area contributed by atoms with Gasteiger partial charge in [0.2, 0.25) is 0 Å². The molecule has 0 spiro atoms. The second kappa shape index (κ2) is 5.94. The second-order valence-electron chi connectivity index (χ2n) is 3.86. The lowest BCUT2D eigenvalue weighted by Gasteiger charge is -2.13. The fraction of sp³-hybridized carbons (Fsp3) is 0.333. The zero-order valence-electron chi connectivity index (χ0n) is 10.8. The lowest BCUT2D eigenvalue weighted by molar-refractivity contribution is -0.386. The number of nitrogens with one attached hydrogen (secondary N) is 1. The van der Waals surface area contributed by atoms with Crippen molar-refractivity contribution in [3.05, 3.63) is 39.4 Å². The van der Waals surface area contributed by atoms with Crippen molar-refractivity contribution in [2.45, 2.75) is 20.0 Å². The van der Waals surface area contributed by atoms with E-state index in [1.54, 1.807) is 0 Å². The van der Waals surface area contributed by atoms with Gasteiger partial charge in [0.05, 0.1) is 10.5 Å². The molecule has 1 aromatic rings. The monoisotopic (exact) mass is 266 g/mol. The number of rotatable bonds is 4. The van der Waals surface area contributed by atoms with Gasteiger partial charge in [-0.25, -0.2) is 0 Å². The fourth-order valence-electron chi connectivity index (χ4n) is 1.64. The maximum atomic E-state index is 11.4. The summed E-state index contributed by atoms with van der Waals surface area (Å²) in [5.74, 6) is -0.952. The molecule has 0 heterocycles. The van der Waals surface area contributed by atoms with Crippen LogP contribution in [0.4, 0.5) is 5.69 Å². The van der Waals surface area contributed by atoms with Crippen molar-refractivity contribution in [2.24, 2.45) is 0 Å². The topological polar surface area (TPSA) is 98.5 Å². The molecule has 0 fully saturated rings. The predicted octanol–water partition coefficient (Wildman–Crippen LogP) is 1.58. The molecule has 7 heteroatoms. The summed E-state index contributed by atoms with van der Waals surface area (Å²) in [5.41, 5.74) is 0.163. The van der Waals surface area contributed by atoms with E-state index in [4.69, 9.17) is 4.74 Å². The molecule has 0 aliphatic rings. The Kier molecular flexibility index (Phi) is 4.57. The zero-order valence-corrected chi connectivity index (χ0v) is 10.8. The molecule has 0 aliphatic heterocycles. The van der Waals surface area contributed by atoms with Crippen LogP contribution in [0.1, 0.15) is 35.9 Å². The summed E-state index contributed by atoms with van der Waals surface area (Å²) in [6.07, 6.45) is -0.753. The van der Waals surface area contributed by atoms with E-state index >= 15 is 0 Å². The molecular weight excluding hydrogens is 252 g/mol. The van der Waals surface area contributed by atoms with Crippen molar-refractivity contribution >= 4 is 17.6 Å². The molecule has 0 aromatic heterocycles. The van der Waals surface area contributed by atoms with Crippen LogP contribution in [0, 0.1) is 10.1 Å². The van der Waals surface area contributed by atoms with Gasteiger partial charge in [0, 0.05) is 25.6 Å². The summed E-state index contributed by atoms with van der Waals surface area (Å²) in [6, 6.07) is 4.02. The van der Waals surface area contributed by atoms with Crippen molar-refractivity contribution in [1.29, 1.82) is 0 Å². The first kappa shape index (κ1) is 14.6. The summed E-state index contributed by atoms with van der Waals surface area (Å²) in [7, 11) is 1.43. The molecule has 19 heavy (non-hydrogen) atoms. The van der Waals surface area contributed by atoms with Gasteiger partial charge < -0.3 is 10.1 Å². The SMILES string of the molecule is CNC(=O)c1ccc(C(C)OC(C)=O)c([N+](=O)[O-])c1. The minimum Gasteiger partial charge on any atom is -0.458 e. The Labute approximate surface area is 109 Å². The summed E-state index contributed by atoms with van der Waals surface area (Å²) >= 11 is 0. The molecule has 0 bridgehead atoms. The highest BCUT2D eigenvalue weighted by Crippen LogP contribution is 2.28. The number of ether oxygens (including phenoxy) is 1. The number of benzene rings is 1. The molecule has 1 unspecified atom stereocenters. The molecule has 1 amide bonds. The van der Waals surface area contributed by atoms with E-state index in [9.17, 15) is 19.7 Å². The third-order valence-corrected chi connectivity index (χ3v) is 2.50. The minimum atomic E-state index is -0.753. The maximum Gasteiger partial charge on any atom is 0.303 e. The zero-order chi connectivity index (χ0) is 14.6. The van der Waals surface area contributed by atoms with Crippen LogP contribution >= 0.6 is 0 Å². The van der Waals surface area contributed by atoms with Crippen LogP contribution < -0.4 is 5.32 Å². The van der Waals surface area contributed by atoms with Gasteiger partial charge in [-0.1, -0.05) is 0 Å². The van der Waals surface area contributed by atoms with E-state index in [0.717, 1.165) is 6.07 Å². The molecule has 1 atom stereocenters. The van der Waals surface area contributed by atoms with Gasteiger partial charge in [-0.2, -0.15) is 0 Å².